The zero-order valence-corrected chi connectivity index (χ0v) is 14.3. The van der Waals surface area contributed by atoms with Crippen LogP contribution in [-0.4, -0.2) is 23.9 Å². The van der Waals surface area contributed by atoms with Crippen molar-refractivity contribution in [3.8, 4) is 0 Å². The predicted octanol–water partition coefficient (Wildman–Crippen LogP) is 3.49. The van der Waals surface area contributed by atoms with E-state index in [-0.39, 0.29) is 11.6 Å². The smallest absolute Gasteiger partial charge is 0.293 e. The van der Waals surface area contributed by atoms with Gasteiger partial charge in [-0.25, -0.2) is 0 Å². The highest BCUT2D eigenvalue weighted by Crippen LogP contribution is 2.31. The normalized spacial score (nSPS) is 14.0. The van der Waals surface area contributed by atoms with Gasteiger partial charge in [0.25, 0.3) is 11.6 Å². The molecule has 0 saturated carbocycles. The molecule has 1 aromatic carbocycles. The summed E-state index contributed by atoms with van der Waals surface area (Å²) in [5.74, 6) is -0.293. The fraction of sp³-hybridized carbons (Fsp3) is 0.353. The molecular weight excluding hydrogens is 326 g/mol. The standard InChI is InChI=1S/C17H19N3O3S/c1-12-6-9-24-16(12)11-18-17(21)13-4-5-14(15(10-13)20(22)23)19-7-2-3-8-19/h4-6,9-10H,2-3,7-8,11H2,1H3,(H,18,21). The van der Waals surface area contributed by atoms with Crippen molar-refractivity contribution in [2.45, 2.75) is 26.3 Å². The van der Waals surface area contributed by atoms with Crippen molar-refractivity contribution >= 4 is 28.6 Å². The van der Waals surface area contributed by atoms with Gasteiger partial charge >= 0.3 is 0 Å². The maximum absolute atomic E-state index is 12.3. The number of carbonyl (C=O) groups is 1. The second-order valence-electron chi connectivity index (χ2n) is 5.86. The number of anilines is 1. The van der Waals surface area contributed by atoms with Crippen LogP contribution >= 0.6 is 11.3 Å². The summed E-state index contributed by atoms with van der Waals surface area (Å²) < 4.78 is 0. The lowest BCUT2D eigenvalue weighted by molar-refractivity contribution is -0.384. The predicted molar refractivity (Wildman–Crippen MR) is 94.8 cm³/mol. The maximum atomic E-state index is 12.3. The van der Waals surface area contributed by atoms with E-state index in [1.807, 2.05) is 23.3 Å². The van der Waals surface area contributed by atoms with Gasteiger partial charge in [-0.2, -0.15) is 0 Å². The van der Waals surface area contributed by atoms with Gasteiger partial charge in [-0.3, -0.25) is 14.9 Å². The lowest BCUT2D eigenvalue weighted by Gasteiger charge is -2.17. The summed E-state index contributed by atoms with van der Waals surface area (Å²) in [6.45, 7) is 4.08. The van der Waals surface area contributed by atoms with Crippen LogP contribution in [0.4, 0.5) is 11.4 Å². The highest BCUT2D eigenvalue weighted by atomic mass is 32.1. The molecule has 3 rings (SSSR count). The van der Waals surface area contributed by atoms with Crippen LogP contribution < -0.4 is 10.2 Å². The molecule has 1 saturated heterocycles. The van der Waals surface area contributed by atoms with Gasteiger partial charge in [-0.1, -0.05) is 0 Å². The van der Waals surface area contributed by atoms with Gasteiger partial charge < -0.3 is 10.2 Å². The van der Waals surface area contributed by atoms with E-state index in [4.69, 9.17) is 0 Å². The number of nitro groups is 1. The van der Waals surface area contributed by atoms with E-state index in [0.717, 1.165) is 36.4 Å². The molecule has 7 heteroatoms. The van der Waals surface area contributed by atoms with Gasteiger partial charge in [-0.05, 0) is 48.9 Å². The van der Waals surface area contributed by atoms with Crippen molar-refractivity contribution < 1.29 is 9.72 Å². The van der Waals surface area contributed by atoms with E-state index in [1.165, 1.54) is 6.07 Å². The molecule has 0 spiro atoms. The van der Waals surface area contributed by atoms with Crippen molar-refractivity contribution in [2.75, 3.05) is 18.0 Å². The van der Waals surface area contributed by atoms with E-state index in [1.54, 1.807) is 23.5 Å². The minimum Gasteiger partial charge on any atom is -0.366 e. The molecule has 24 heavy (non-hydrogen) atoms. The topological polar surface area (TPSA) is 75.5 Å². The third-order valence-corrected chi connectivity index (χ3v) is 5.28. The van der Waals surface area contributed by atoms with Crippen LogP contribution in [0.5, 0.6) is 0 Å². The quantitative estimate of drug-likeness (QED) is 0.665. The third kappa shape index (κ3) is 3.41. The molecule has 1 amide bonds. The van der Waals surface area contributed by atoms with Crippen LogP contribution in [0.25, 0.3) is 0 Å². The molecule has 1 aromatic heterocycles. The number of carbonyl (C=O) groups excluding carboxylic acids is 1. The van der Waals surface area contributed by atoms with E-state index < -0.39 is 4.92 Å². The van der Waals surface area contributed by atoms with Gasteiger partial charge in [0.05, 0.1) is 11.5 Å². The molecule has 0 aliphatic carbocycles. The van der Waals surface area contributed by atoms with Crippen LogP contribution in [0.2, 0.25) is 0 Å². The molecule has 2 heterocycles. The Kier molecular flexibility index (Phi) is 4.80. The molecule has 0 atom stereocenters. The van der Waals surface area contributed by atoms with Crippen molar-refractivity contribution in [1.29, 1.82) is 0 Å². The van der Waals surface area contributed by atoms with Crippen LogP contribution in [-0.2, 0) is 6.54 Å². The molecule has 6 nitrogen and oxygen atoms in total. The number of thiophene rings is 1. The lowest BCUT2D eigenvalue weighted by Crippen LogP contribution is -2.23. The first-order chi connectivity index (χ1) is 11.6. The summed E-state index contributed by atoms with van der Waals surface area (Å²) in [7, 11) is 0. The van der Waals surface area contributed by atoms with Crippen molar-refractivity contribution in [3.63, 3.8) is 0 Å². The molecule has 1 N–H and O–H groups in total. The molecule has 1 fully saturated rings. The van der Waals surface area contributed by atoms with Gasteiger partial charge in [0.1, 0.15) is 5.69 Å². The monoisotopic (exact) mass is 345 g/mol. The summed E-state index contributed by atoms with van der Waals surface area (Å²) >= 11 is 1.58. The number of hydrogen-bond donors (Lipinski definition) is 1. The fourth-order valence-corrected chi connectivity index (χ4v) is 3.73. The first-order valence-electron chi connectivity index (χ1n) is 7.91. The number of hydrogen-bond acceptors (Lipinski definition) is 5. The number of amides is 1. The van der Waals surface area contributed by atoms with Crippen LogP contribution in [0.1, 0.15) is 33.6 Å². The van der Waals surface area contributed by atoms with E-state index >= 15 is 0 Å². The van der Waals surface area contributed by atoms with Crippen LogP contribution in [0.3, 0.4) is 0 Å². The number of nitro benzene ring substituents is 1. The average Bonchev–Trinajstić information content (AvgIpc) is 3.23. The maximum Gasteiger partial charge on any atom is 0.293 e. The molecule has 0 bridgehead atoms. The summed E-state index contributed by atoms with van der Waals surface area (Å²) in [5, 5.41) is 16.2. The van der Waals surface area contributed by atoms with E-state index in [2.05, 4.69) is 5.32 Å². The number of nitrogens with one attached hydrogen (secondary N) is 1. The van der Waals surface area contributed by atoms with Crippen molar-refractivity contribution in [2.24, 2.45) is 0 Å². The Morgan fingerprint density at radius 3 is 2.71 bits per heavy atom. The fourth-order valence-electron chi connectivity index (χ4n) is 2.88. The second-order valence-corrected chi connectivity index (χ2v) is 6.86. The molecule has 2 aromatic rings. The van der Waals surface area contributed by atoms with Gasteiger partial charge in [0, 0.05) is 29.6 Å². The van der Waals surface area contributed by atoms with Gasteiger partial charge in [-0.15, -0.1) is 11.3 Å². The second kappa shape index (κ2) is 7.00. The number of aryl methyl sites for hydroxylation is 1. The van der Waals surface area contributed by atoms with E-state index in [0.29, 0.717) is 17.8 Å². The molecule has 126 valence electrons. The molecular formula is C17H19N3O3S. The first kappa shape index (κ1) is 16.4. The van der Waals surface area contributed by atoms with Crippen LogP contribution in [0.15, 0.2) is 29.6 Å². The highest BCUT2D eigenvalue weighted by Gasteiger charge is 2.23. The number of nitrogens with zero attached hydrogens (tertiary/aromatic N) is 2. The molecule has 0 unspecified atom stereocenters. The van der Waals surface area contributed by atoms with Crippen molar-refractivity contribution in [1.82, 2.24) is 5.32 Å². The van der Waals surface area contributed by atoms with Gasteiger partial charge in [0.15, 0.2) is 0 Å². The Hall–Kier alpha value is -2.41. The lowest BCUT2D eigenvalue weighted by atomic mass is 10.1. The zero-order valence-electron chi connectivity index (χ0n) is 13.4. The van der Waals surface area contributed by atoms with Gasteiger partial charge in [0.2, 0.25) is 0 Å². The SMILES string of the molecule is Cc1ccsc1CNC(=O)c1ccc(N2CCCC2)c([N+](=O)[O-])c1. The molecule has 0 radical (unpaired) electrons. The van der Waals surface area contributed by atoms with Crippen LogP contribution in [0, 0.1) is 17.0 Å². The Morgan fingerprint density at radius 2 is 2.08 bits per heavy atom. The minimum absolute atomic E-state index is 0.00291. The Balaban J connectivity index is 1.77. The summed E-state index contributed by atoms with van der Waals surface area (Å²) in [6, 6.07) is 6.73. The largest absolute Gasteiger partial charge is 0.366 e. The Morgan fingerprint density at radius 1 is 1.33 bits per heavy atom. The average molecular weight is 345 g/mol. The first-order valence-corrected chi connectivity index (χ1v) is 8.79. The summed E-state index contributed by atoms with van der Waals surface area (Å²) in [6.07, 6.45) is 2.08. The van der Waals surface area contributed by atoms with E-state index in [9.17, 15) is 14.9 Å². The third-order valence-electron chi connectivity index (χ3n) is 4.26. The zero-order chi connectivity index (χ0) is 17.1. The Labute approximate surface area is 144 Å². The summed E-state index contributed by atoms with van der Waals surface area (Å²) in [5.41, 5.74) is 2.05. The Bertz CT molecular complexity index is 766. The molecule has 1 aliphatic heterocycles. The highest BCUT2D eigenvalue weighted by molar-refractivity contribution is 7.10. The molecule has 1 aliphatic rings. The van der Waals surface area contributed by atoms with Crippen molar-refractivity contribution in [3.05, 3.63) is 55.8 Å². The number of rotatable bonds is 5. The number of benzene rings is 1. The minimum atomic E-state index is -0.409. The summed E-state index contributed by atoms with van der Waals surface area (Å²) in [4.78, 5) is 26.4.